The summed E-state index contributed by atoms with van der Waals surface area (Å²) in [6, 6.07) is 2.82. The predicted molar refractivity (Wildman–Crippen MR) is 64.9 cm³/mol. The van der Waals surface area contributed by atoms with Gasteiger partial charge in [0, 0.05) is 37.8 Å². The molecule has 1 aromatic rings. The molecule has 3 rings (SSSR count). The van der Waals surface area contributed by atoms with E-state index in [4.69, 9.17) is 11.6 Å². The monoisotopic (exact) mass is 237 g/mol. The zero-order chi connectivity index (χ0) is 11.1. The maximum absolute atomic E-state index is 5.96. The van der Waals surface area contributed by atoms with Crippen molar-refractivity contribution in [3.8, 4) is 0 Å². The third kappa shape index (κ3) is 1.63. The SMILES string of the molecule is Cc1cc(C2CN[C@H]3CNC[C@@H]23)cnc1Cl. The highest BCUT2D eigenvalue weighted by molar-refractivity contribution is 6.30. The van der Waals surface area contributed by atoms with E-state index in [1.807, 2.05) is 13.1 Å². The molecule has 86 valence electrons. The molecular formula is C12H16ClN3. The van der Waals surface area contributed by atoms with E-state index in [1.54, 1.807) is 0 Å². The van der Waals surface area contributed by atoms with Crippen LogP contribution in [0.3, 0.4) is 0 Å². The van der Waals surface area contributed by atoms with Gasteiger partial charge in [0.15, 0.2) is 0 Å². The summed E-state index contributed by atoms with van der Waals surface area (Å²) in [5.41, 5.74) is 2.40. The van der Waals surface area contributed by atoms with Crippen LogP contribution in [0, 0.1) is 12.8 Å². The molecule has 3 heterocycles. The fraction of sp³-hybridized carbons (Fsp3) is 0.583. The van der Waals surface area contributed by atoms with E-state index in [0.717, 1.165) is 25.2 Å². The molecule has 1 unspecified atom stereocenters. The van der Waals surface area contributed by atoms with Crippen molar-refractivity contribution in [3.05, 3.63) is 28.5 Å². The molecule has 0 radical (unpaired) electrons. The van der Waals surface area contributed by atoms with Gasteiger partial charge in [-0.1, -0.05) is 17.7 Å². The summed E-state index contributed by atoms with van der Waals surface area (Å²) < 4.78 is 0. The number of rotatable bonds is 1. The Hall–Kier alpha value is -0.640. The molecule has 0 spiro atoms. The average molecular weight is 238 g/mol. The number of aryl methyl sites for hydroxylation is 1. The number of nitrogens with one attached hydrogen (secondary N) is 2. The molecule has 3 atom stereocenters. The van der Waals surface area contributed by atoms with Crippen molar-refractivity contribution in [2.45, 2.75) is 18.9 Å². The van der Waals surface area contributed by atoms with Gasteiger partial charge in [0.2, 0.25) is 0 Å². The van der Waals surface area contributed by atoms with Crippen molar-refractivity contribution in [1.82, 2.24) is 15.6 Å². The second-order valence-electron chi connectivity index (χ2n) is 4.82. The van der Waals surface area contributed by atoms with Crippen molar-refractivity contribution in [3.63, 3.8) is 0 Å². The van der Waals surface area contributed by atoms with Gasteiger partial charge in [-0.15, -0.1) is 0 Å². The van der Waals surface area contributed by atoms with Gasteiger partial charge < -0.3 is 10.6 Å². The Labute approximate surface area is 101 Å². The minimum absolute atomic E-state index is 0.587. The van der Waals surface area contributed by atoms with Crippen LogP contribution >= 0.6 is 11.6 Å². The zero-order valence-electron chi connectivity index (χ0n) is 9.33. The molecule has 2 aliphatic rings. The van der Waals surface area contributed by atoms with E-state index in [1.165, 1.54) is 5.56 Å². The third-order valence-corrected chi connectivity index (χ3v) is 4.24. The Morgan fingerprint density at radius 3 is 3.06 bits per heavy atom. The van der Waals surface area contributed by atoms with Crippen LogP contribution in [0.25, 0.3) is 0 Å². The number of pyridine rings is 1. The van der Waals surface area contributed by atoms with Crippen LogP contribution in [-0.4, -0.2) is 30.7 Å². The largest absolute Gasteiger partial charge is 0.315 e. The smallest absolute Gasteiger partial charge is 0.131 e. The van der Waals surface area contributed by atoms with Gasteiger partial charge in [0.05, 0.1) is 0 Å². The van der Waals surface area contributed by atoms with Crippen LogP contribution < -0.4 is 10.6 Å². The standard InChI is InChI=1S/C12H16ClN3/c1-7-2-8(3-16-12(7)13)9-5-15-11-6-14-4-10(9)11/h2-3,9-11,14-15H,4-6H2,1H3/t9?,10-,11-/m0/s1. The number of fused-ring (bicyclic) bond motifs is 1. The van der Waals surface area contributed by atoms with Crippen LogP contribution in [0.1, 0.15) is 17.0 Å². The summed E-state index contributed by atoms with van der Waals surface area (Å²) in [4.78, 5) is 4.25. The Morgan fingerprint density at radius 2 is 2.25 bits per heavy atom. The first-order valence-corrected chi connectivity index (χ1v) is 6.19. The number of nitrogens with zero attached hydrogens (tertiary/aromatic N) is 1. The Kier molecular flexibility index (Phi) is 2.62. The lowest BCUT2D eigenvalue weighted by atomic mass is 9.87. The lowest BCUT2D eigenvalue weighted by Crippen LogP contribution is -2.27. The fourth-order valence-corrected chi connectivity index (χ4v) is 3.03. The lowest BCUT2D eigenvalue weighted by Gasteiger charge is -2.17. The number of halogens is 1. The second-order valence-corrected chi connectivity index (χ2v) is 5.18. The molecule has 2 fully saturated rings. The van der Waals surface area contributed by atoms with Crippen molar-refractivity contribution >= 4 is 11.6 Å². The minimum Gasteiger partial charge on any atom is -0.315 e. The highest BCUT2D eigenvalue weighted by Crippen LogP contribution is 2.34. The molecule has 16 heavy (non-hydrogen) atoms. The molecule has 2 saturated heterocycles. The Bertz CT molecular complexity index is 407. The van der Waals surface area contributed by atoms with Crippen LogP contribution in [-0.2, 0) is 0 Å². The van der Waals surface area contributed by atoms with Gasteiger partial charge >= 0.3 is 0 Å². The van der Waals surface area contributed by atoms with Gasteiger partial charge in [-0.25, -0.2) is 4.98 Å². The zero-order valence-corrected chi connectivity index (χ0v) is 10.1. The van der Waals surface area contributed by atoms with E-state index in [0.29, 0.717) is 23.0 Å². The molecular weight excluding hydrogens is 222 g/mol. The topological polar surface area (TPSA) is 37.0 Å². The van der Waals surface area contributed by atoms with E-state index >= 15 is 0 Å². The molecule has 0 amide bonds. The summed E-state index contributed by atoms with van der Waals surface area (Å²) in [6.07, 6.45) is 1.93. The summed E-state index contributed by atoms with van der Waals surface area (Å²) in [5.74, 6) is 1.30. The first kappa shape index (κ1) is 10.5. The number of aromatic nitrogens is 1. The van der Waals surface area contributed by atoms with Gasteiger partial charge in [-0.05, 0) is 24.0 Å². The first-order valence-electron chi connectivity index (χ1n) is 5.82. The van der Waals surface area contributed by atoms with Crippen LogP contribution in [0.5, 0.6) is 0 Å². The normalized spacial score (nSPS) is 33.0. The number of hydrogen-bond acceptors (Lipinski definition) is 3. The molecule has 2 N–H and O–H groups in total. The average Bonchev–Trinajstić information content (AvgIpc) is 2.83. The quantitative estimate of drug-likeness (QED) is 0.724. The fourth-order valence-electron chi connectivity index (χ4n) is 2.92. The molecule has 2 aliphatic heterocycles. The molecule has 1 aromatic heterocycles. The summed E-state index contributed by atoms with van der Waals surface area (Å²) >= 11 is 5.96. The van der Waals surface area contributed by atoms with E-state index in [-0.39, 0.29) is 0 Å². The van der Waals surface area contributed by atoms with Crippen LogP contribution in [0.15, 0.2) is 12.3 Å². The van der Waals surface area contributed by atoms with E-state index in [2.05, 4.69) is 21.7 Å². The highest BCUT2D eigenvalue weighted by atomic mass is 35.5. The molecule has 3 nitrogen and oxygen atoms in total. The van der Waals surface area contributed by atoms with E-state index < -0.39 is 0 Å². The van der Waals surface area contributed by atoms with Crippen molar-refractivity contribution in [2.75, 3.05) is 19.6 Å². The van der Waals surface area contributed by atoms with Gasteiger partial charge in [-0.2, -0.15) is 0 Å². The van der Waals surface area contributed by atoms with Gasteiger partial charge in [0.25, 0.3) is 0 Å². The molecule has 0 saturated carbocycles. The first-order chi connectivity index (χ1) is 7.75. The summed E-state index contributed by atoms with van der Waals surface area (Å²) in [6.45, 7) is 5.30. The Morgan fingerprint density at radius 1 is 1.38 bits per heavy atom. The summed E-state index contributed by atoms with van der Waals surface area (Å²) in [7, 11) is 0. The number of hydrogen-bond donors (Lipinski definition) is 2. The maximum Gasteiger partial charge on any atom is 0.131 e. The van der Waals surface area contributed by atoms with Gasteiger partial charge in [-0.3, -0.25) is 0 Å². The Balaban J connectivity index is 1.89. The summed E-state index contributed by atoms with van der Waals surface area (Å²) in [5, 5.41) is 7.64. The minimum atomic E-state index is 0.587. The second kappa shape index (κ2) is 3.99. The van der Waals surface area contributed by atoms with Crippen molar-refractivity contribution < 1.29 is 0 Å². The molecule has 0 aliphatic carbocycles. The van der Waals surface area contributed by atoms with Crippen molar-refractivity contribution in [2.24, 2.45) is 5.92 Å². The van der Waals surface area contributed by atoms with Gasteiger partial charge in [0.1, 0.15) is 5.15 Å². The molecule has 4 heteroatoms. The van der Waals surface area contributed by atoms with Crippen LogP contribution in [0.4, 0.5) is 0 Å². The van der Waals surface area contributed by atoms with Crippen molar-refractivity contribution in [1.29, 1.82) is 0 Å². The molecule has 0 bridgehead atoms. The third-order valence-electron chi connectivity index (χ3n) is 3.84. The van der Waals surface area contributed by atoms with Crippen LogP contribution in [0.2, 0.25) is 5.15 Å². The maximum atomic E-state index is 5.96. The molecule has 0 aromatic carbocycles. The highest BCUT2D eigenvalue weighted by Gasteiger charge is 2.39. The predicted octanol–water partition coefficient (Wildman–Crippen LogP) is 1.32. The van der Waals surface area contributed by atoms with E-state index in [9.17, 15) is 0 Å². The lowest BCUT2D eigenvalue weighted by molar-refractivity contribution is 0.510.